The summed E-state index contributed by atoms with van der Waals surface area (Å²) in [5.41, 5.74) is 9.02. The van der Waals surface area contributed by atoms with Crippen LogP contribution in [-0.4, -0.2) is 16.6 Å². The second-order valence-corrected chi connectivity index (χ2v) is 5.84. The average Bonchev–Trinajstić information content (AvgIpc) is 2.64. The maximum absolute atomic E-state index is 6.13. The number of rotatable bonds is 4. The molecule has 2 N–H and O–H groups in total. The third-order valence-electron chi connectivity index (χ3n) is 3.40. The molecule has 0 amide bonds. The van der Waals surface area contributed by atoms with Gasteiger partial charge in [-0.1, -0.05) is 6.92 Å². The summed E-state index contributed by atoms with van der Waals surface area (Å²) in [5, 5.41) is 0. The molecule has 0 bridgehead atoms. The molecule has 0 aromatic carbocycles. The van der Waals surface area contributed by atoms with Crippen LogP contribution in [0.4, 0.5) is 0 Å². The molecule has 0 radical (unpaired) electrons. The van der Waals surface area contributed by atoms with Gasteiger partial charge in [0.05, 0.1) is 0 Å². The second-order valence-electron chi connectivity index (χ2n) is 4.93. The summed E-state index contributed by atoms with van der Waals surface area (Å²) in [6, 6.07) is 2.51. The highest BCUT2D eigenvalue weighted by atomic mass is 32.2. The zero-order chi connectivity index (χ0) is 11.5. The Morgan fingerprint density at radius 2 is 2.44 bits per heavy atom. The van der Waals surface area contributed by atoms with Gasteiger partial charge in [0.25, 0.3) is 0 Å². The number of aromatic nitrogens is 1. The van der Waals surface area contributed by atoms with Crippen LogP contribution in [0.3, 0.4) is 0 Å². The summed E-state index contributed by atoms with van der Waals surface area (Å²) in [5.74, 6) is 1.98. The van der Waals surface area contributed by atoms with Crippen LogP contribution in [0.2, 0.25) is 0 Å². The smallest absolute Gasteiger partial charge is 0.0312 e. The molecule has 2 unspecified atom stereocenters. The summed E-state index contributed by atoms with van der Waals surface area (Å²) in [6.07, 6.45) is 8.01. The number of thioether (sulfide) groups is 1. The topological polar surface area (TPSA) is 30.9 Å². The minimum Gasteiger partial charge on any atom is -0.351 e. The van der Waals surface area contributed by atoms with Gasteiger partial charge in [0, 0.05) is 24.5 Å². The molecular weight excluding hydrogens is 216 g/mol. The first-order chi connectivity index (χ1) is 7.72. The van der Waals surface area contributed by atoms with Crippen molar-refractivity contribution in [3.8, 4) is 0 Å². The van der Waals surface area contributed by atoms with E-state index in [4.69, 9.17) is 5.73 Å². The highest BCUT2D eigenvalue weighted by molar-refractivity contribution is 7.98. The molecule has 2 nitrogen and oxygen atoms in total. The van der Waals surface area contributed by atoms with Gasteiger partial charge in [0.1, 0.15) is 0 Å². The van der Waals surface area contributed by atoms with Gasteiger partial charge >= 0.3 is 0 Å². The molecule has 2 atom stereocenters. The lowest BCUT2D eigenvalue weighted by Gasteiger charge is -2.22. The average molecular weight is 238 g/mol. The van der Waals surface area contributed by atoms with Crippen molar-refractivity contribution in [1.82, 2.24) is 4.57 Å². The number of nitrogens with zero attached hydrogens (tertiary/aromatic N) is 1. The lowest BCUT2D eigenvalue weighted by molar-refractivity contribution is 0.490. The molecule has 16 heavy (non-hydrogen) atoms. The first-order valence-electron chi connectivity index (χ1n) is 6.14. The fourth-order valence-electron chi connectivity index (χ4n) is 2.64. The Kier molecular flexibility index (Phi) is 3.98. The molecule has 2 rings (SSSR count). The molecule has 1 aromatic heterocycles. The van der Waals surface area contributed by atoms with E-state index >= 15 is 0 Å². The van der Waals surface area contributed by atoms with E-state index in [9.17, 15) is 0 Å². The van der Waals surface area contributed by atoms with Crippen molar-refractivity contribution >= 4 is 11.8 Å². The van der Waals surface area contributed by atoms with Crippen molar-refractivity contribution in [2.45, 2.75) is 38.8 Å². The second kappa shape index (κ2) is 5.28. The van der Waals surface area contributed by atoms with Crippen LogP contribution in [0.15, 0.2) is 12.3 Å². The third-order valence-corrected chi connectivity index (χ3v) is 4.30. The van der Waals surface area contributed by atoms with Crippen molar-refractivity contribution in [3.63, 3.8) is 0 Å². The van der Waals surface area contributed by atoms with E-state index < -0.39 is 0 Å². The Bertz CT molecular complexity index is 346. The lowest BCUT2D eigenvalue weighted by Crippen LogP contribution is -2.19. The lowest BCUT2D eigenvalue weighted by atomic mass is 9.93. The molecule has 1 aliphatic carbocycles. The fourth-order valence-corrected chi connectivity index (χ4v) is 3.31. The Hall–Kier alpha value is -0.410. The van der Waals surface area contributed by atoms with Gasteiger partial charge in [-0.25, -0.2) is 0 Å². The van der Waals surface area contributed by atoms with Gasteiger partial charge in [0.15, 0.2) is 0 Å². The highest BCUT2D eigenvalue weighted by Crippen LogP contribution is 2.29. The molecule has 0 fully saturated rings. The standard InChI is InChI=1S/C13H22N2S/c1-10(9-16-2)8-15-7-6-11-12(14)4-3-5-13(11)15/h6-7,10,12H,3-5,8-9,14H2,1-2H3. The monoisotopic (exact) mass is 238 g/mol. The number of nitrogens with two attached hydrogens (primary N) is 1. The van der Waals surface area contributed by atoms with Gasteiger partial charge in [-0.05, 0) is 48.8 Å². The molecule has 1 aliphatic rings. The predicted molar refractivity (Wildman–Crippen MR) is 71.8 cm³/mol. The largest absolute Gasteiger partial charge is 0.351 e. The Labute approximate surface area is 103 Å². The van der Waals surface area contributed by atoms with E-state index in [1.54, 1.807) is 0 Å². The van der Waals surface area contributed by atoms with Crippen LogP contribution in [-0.2, 0) is 13.0 Å². The van der Waals surface area contributed by atoms with Crippen LogP contribution >= 0.6 is 11.8 Å². The van der Waals surface area contributed by atoms with E-state index in [0.29, 0.717) is 0 Å². The van der Waals surface area contributed by atoms with Crippen LogP contribution < -0.4 is 5.73 Å². The molecule has 0 saturated heterocycles. The Morgan fingerprint density at radius 3 is 3.19 bits per heavy atom. The van der Waals surface area contributed by atoms with Crippen molar-refractivity contribution in [2.24, 2.45) is 11.7 Å². The van der Waals surface area contributed by atoms with E-state index in [-0.39, 0.29) is 6.04 Å². The zero-order valence-electron chi connectivity index (χ0n) is 10.3. The van der Waals surface area contributed by atoms with E-state index in [2.05, 4.69) is 30.0 Å². The fraction of sp³-hybridized carbons (Fsp3) is 0.692. The van der Waals surface area contributed by atoms with Gasteiger partial charge < -0.3 is 10.3 Å². The molecule has 3 heteroatoms. The molecule has 1 aromatic rings. The third kappa shape index (κ3) is 2.46. The molecule has 0 spiro atoms. The summed E-state index contributed by atoms with van der Waals surface area (Å²) >= 11 is 1.93. The summed E-state index contributed by atoms with van der Waals surface area (Å²) in [7, 11) is 0. The van der Waals surface area contributed by atoms with Crippen molar-refractivity contribution in [2.75, 3.05) is 12.0 Å². The molecule has 1 heterocycles. The highest BCUT2D eigenvalue weighted by Gasteiger charge is 2.20. The SMILES string of the molecule is CSCC(C)Cn1ccc2c1CCCC2N. The van der Waals surface area contributed by atoms with Crippen molar-refractivity contribution in [1.29, 1.82) is 0 Å². The minimum absolute atomic E-state index is 0.279. The maximum atomic E-state index is 6.13. The number of hydrogen-bond acceptors (Lipinski definition) is 2. The molecule has 90 valence electrons. The zero-order valence-corrected chi connectivity index (χ0v) is 11.1. The predicted octanol–water partition coefficient (Wildman–Crippen LogP) is 2.82. The van der Waals surface area contributed by atoms with Crippen molar-refractivity contribution in [3.05, 3.63) is 23.5 Å². The summed E-state index contributed by atoms with van der Waals surface area (Å²) in [6.45, 7) is 3.47. The van der Waals surface area contributed by atoms with Crippen LogP contribution in [0.1, 0.15) is 37.1 Å². The van der Waals surface area contributed by atoms with Crippen LogP contribution in [0, 0.1) is 5.92 Å². The molecule has 0 aliphatic heterocycles. The quantitative estimate of drug-likeness (QED) is 0.874. The number of fused-ring (bicyclic) bond motifs is 1. The normalized spacial score (nSPS) is 21.8. The van der Waals surface area contributed by atoms with Crippen LogP contribution in [0.5, 0.6) is 0 Å². The van der Waals surface area contributed by atoms with Gasteiger partial charge in [-0.3, -0.25) is 0 Å². The molecule has 0 saturated carbocycles. The maximum Gasteiger partial charge on any atom is 0.0312 e. The first-order valence-corrected chi connectivity index (χ1v) is 7.54. The number of hydrogen-bond donors (Lipinski definition) is 1. The first kappa shape index (κ1) is 12.1. The van der Waals surface area contributed by atoms with Crippen molar-refractivity contribution < 1.29 is 0 Å². The van der Waals surface area contributed by atoms with Gasteiger partial charge in [-0.2, -0.15) is 11.8 Å². The minimum atomic E-state index is 0.279. The van der Waals surface area contributed by atoms with Gasteiger partial charge in [0.2, 0.25) is 0 Å². The summed E-state index contributed by atoms with van der Waals surface area (Å²) in [4.78, 5) is 0. The van der Waals surface area contributed by atoms with E-state index in [1.807, 2.05) is 11.8 Å². The van der Waals surface area contributed by atoms with Gasteiger partial charge in [-0.15, -0.1) is 0 Å². The van der Waals surface area contributed by atoms with E-state index in [0.717, 1.165) is 18.9 Å². The Morgan fingerprint density at radius 1 is 1.62 bits per heavy atom. The Balaban J connectivity index is 2.11. The van der Waals surface area contributed by atoms with E-state index in [1.165, 1.54) is 29.9 Å². The summed E-state index contributed by atoms with van der Waals surface area (Å²) < 4.78 is 2.43. The molecular formula is C13H22N2S. The van der Waals surface area contributed by atoms with Crippen LogP contribution in [0.25, 0.3) is 0 Å².